The third-order valence-electron chi connectivity index (χ3n) is 2.03. The van der Waals surface area contributed by atoms with E-state index in [1.807, 2.05) is 0 Å². The summed E-state index contributed by atoms with van der Waals surface area (Å²) in [6, 6.07) is 2.61. The summed E-state index contributed by atoms with van der Waals surface area (Å²) in [7, 11) is 1.72. The van der Waals surface area contributed by atoms with Gasteiger partial charge in [-0.3, -0.25) is 5.10 Å². The summed E-state index contributed by atoms with van der Waals surface area (Å²) in [4.78, 5) is 3.72. The highest BCUT2D eigenvalue weighted by atomic mass is 32.2. The predicted molar refractivity (Wildman–Crippen MR) is 59.6 cm³/mol. The Morgan fingerprint density at radius 2 is 2.06 bits per heavy atom. The minimum absolute atomic E-state index is 0.0818. The van der Waals surface area contributed by atoms with Gasteiger partial charge in [0.1, 0.15) is 18.0 Å². The van der Waals surface area contributed by atoms with E-state index in [0.29, 0.717) is 17.3 Å². The molecule has 0 spiro atoms. The Morgan fingerprint density at radius 1 is 1.35 bits per heavy atom. The van der Waals surface area contributed by atoms with Crippen molar-refractivity contribution in [2.24, 2.45) is 0 Å². The number of hydrogen-bond acceptors (Lipinski definition) is 4. The quantitative estimate of drug-likeness (QED) is 0.878. The fraction of sp³-hybridized carbons (Fsp3) is 0.200. The van der Waals surface area contributed by atoms with Gasteiger partial charge >= 0.3 is 0 Å². The molecular weight excluding hydrogens is 246 g/mol. The van der Waals surface area contributed by atoms with Crippen LogP contribution in [0.1, 0.15) is 5.56 Å². The molecule has 0 aliphatic carbocycles. The monoisotopic (exact) mass is 256 g/mol. The molecule has 0 aliphatic heterocycles. The maximum Gasteiger partial charge on any atom is 0.188 e. The third kappa shape index (κ3) is 2.80. The van der Waals surface area contributed by atoms with Crippen LogP contribution in [0.3, 0.4) is 0 Å². The Kier molecular flexibility index (Phi) is 3.70. The van der Waals surface area contributed by atoms with Crippen molar-refractivity contribution in [3.8, 4) is 0 Å². The van der Waals surface area contributed by atoms with Gasteiger partial charge in [-0.2, -0.15) is 5.10 Å². The largest absolute Gasteiger partial charge is 0.316 e. The molecule has 0 radical (unpaired) electrons. The van der Waals surface area contributed by atoms with Crippen LogP contribution in [0.2, 0.25) is 0 Å². The number of rotatable bonds is 4. The number of benzene rings is 1. The molecule has 2 N–H and O–H groups in total. The molecule has 0 aliphatic rings. The highest BCUT2D eigenvalue weighted by molar-refractivity contribution is 7.99. The molecule has 2 aromatic rings. The summed E-state index contributed by atoms with van der Waals surface area (Å²) in [5.41, 5.74) is 0.560. The maximum atomic E-state index is 13.7. The van der Waals surface area contributed by atoms with Crippen molar-refractivity contribution in [1.82, 2.24) is 20.5 Å². The Labute approximate surface area is 101 Å². The second-order valence-corrected chi connectivity index (χ2v) is 4.31. The van der Waals surface area contributed by atoms with Crippen molar-refractivity contribution in [2.45, 2.75) is 16.6 Å². The zero-order valence-corrected chi connectivity index (χ0v) is 9.81. The van der Waals surface area contributed by atoms with Crippen molar-refractivity contribution < 1.29 is 8.78 Å². The fourth-order valence-electron chi connectivity index (χ4n) is 1.36. The first-order chi connectivity index (χ1) is 8.20. The van der Waals surface area contributed by atoms with Crippen molar-refractivity contribution >= 4 is 11.8 Å². The van der Waals surface area contributed by atoms with E-state index in [4.69, 9.17) is 0 Å². The molecule has 17 heavy (non-hydrogen) atoms. The van der Waals surface area contributed by atoms with Crippen LogP contribution in [0.4, 0.5) is 8.78 Å². The molecule has 0 bridgehead atoms. The van der Waals surface area contributed by atoms with Gasteiger partial charge in [0.15, 0.2) is 5.16 Å². The number of halogens is 2. The van der Waals surface area contributed by atoms with Crippen LogP contribution in [0.25, 0.3) is 0 Å². The highest BCUT2D eigenvalue weighted by Crippen LogP contribution is 2.30. The highest BCUT2D eigenvalue weighted by Gasteiger charge is 2.13. The average Bonchev–Trinajstić information content (AvgIpc) is 2.76. The van der Waals surface area contributed by atoms with Crippen LogP contribution in [0, 0.1) is 11.6 Å². The van der Waals surface area contributed by atoms with Gasteiger partial charge in [0.05, 0.1) is 4.90 Å². The van der Waals surface area contributed by atoms with Gasteiger partial charge in [-0.25, -0.2) is 13.8 Å². The molecule has 0 atom stereocenters. The lowest BCUT2D eigenvalue weighted by Gasteiger charge is -2.06. The summed E-state index contributed by atoms with van der Waals surface area (Å²) in [6.45, 7) is 0.418. The molecule has 0 fully saturated rings. The van der Waals surface area contributed by atoms with Crippen LogP contribution in [0.5, 0.6) is 0 Å². The molecule has 2 rings (SSSR count). The summed E-state index contributed by atoms with van der Waals surface area (Å²) >= 11 is 0.875. The lowest BCUT2D eigenvalue weighted by Crippen LogP contribution is -2.06. The Morgan fingerprint density at radius 3 is 2.59 bits per heavy atom. The van der Waals surface area contributed by atoms with Gasteiger partial charge in [-0.05, 0) is 36.5 Å². The Bertz CT molecular complexity index is 478. The van der Waals surface area contributed by atoms with Gasteiger partial charge in [0.2, 0.25) is 0 Å². The van der Waals surface area contributed by atoms with E-state index in [-0.39, 0.29) is 4.90 Å². The van der Waals surface area contributed by atoms with Crippen molar-refractivity contribution in [1.29, 1.82) is 0 Å². The fourth-order valence-corrected chi connectivity index (χ4v) is 2.06. The van der Waals surface area contributed by atoms with Gasteiger partial charge in [0, 0.05) is 6.54 Å². The molecule has 1 heterocycles. The van der Waals surface area contributed by atoms with Crippen LogP contribution < -0.4 is 5.32 Å². The van der Waals surface area contributed by atoms with Gasteiger partial charge in [0.25, 0.3) is 0 Å². The summed E-state index contributed by atoms with van der Waals surface area (Å²) in [5.74, 6) is -1.20. The first kappa shape index (κ1) is 12.0. The number of nitrogens with zero attached hydrogens (tertiary/aromatic N) is 2. The zero-order valence-electron chi connectivity index (χ0n) is 9.00. The van der Waals surface area contributed by atoms with E-state index in [0.717, 1.165) is 11.8 Å². The van der Waals surface area contributed by atoms with E-state index in [2.05, 4.69) is 20.5 Å². The molecule has 90 valence electrons. The smallest absolute Gasteiger partial charge is 0.188 e. The SMILES string of the molecule is CNCc1cc(F)c(Sc2ncn[nH]2)c(F)c1. The number of aromatic amines is 1. The molecule has 4 nitrogen and oxygen atoms in total. The number of nitrogens with one attached hydrogen (secondary N) is 2. The van der Waals surface area contributed by atoms with Crippen LogP contribution in [-0.2, 0) is 6.54 Å². The molecular formula is C10H10F2N4S. The lowest BCUT2D eigenvalue weighted by atomic mass is 10.2. The molecule has 0 saturated heterocycles. The van der Waals surface area contributed by atoms with Crippen LogP contribution >= 0.6 is 11.8 Å². The minimum atomic E-state index is -0.600. The summed E-state index contributed by atoms with van der Waals surface area (Å²) < 4.78 is 27.4. The predicted octanol–water partition coefficient (Wildman–Crippen LogP) is 1.95. The van der Waals surface area contributed by atoms with E-state index < -0.39 is 11.6 Å². The van der Waals surface area contributed by atoms with Crippen LogP contribution in [0.15, 0.2) is 28.5 Å². The Hall–Kier alpha value is -1.47. The van der Waals surface area contributed by atoms with Gasteiger partial charge in [-0.1, -0.05) is 0 Å². The first-order valence-electron chi connectivity index (χ1n) is 4.86. The third-order valence-corrected chi connectivity index (χ3v) is 3.01. The second kappa shape index (κ2) is 5.24. The molecule has 0 unspecified atom stereocenters. The van der Waals surface area contributed by atoms with Gasteiger partial charge in [-0.15, -0.1) is 0 Å². The van der Waals surface area contributed by atoms with E-state index in [9.17, 15) is 8.78 Å². The van der Waals surface area contributed by atoms with E-state index in [1.54, 1.807) is 7.05 Å². The van der Waals surface area contributed by atoms with Crippen molar-refractivity contribution in [3.63, 3.8) is 0 Å². The molecule has 7 heteroatoms. The second-order valence-electron chi connectivity index (χ2n) is 3.31. The first-order valence-corrected chi connectivity index (χ1v) is 5.68. The number of hydrogen-bond donors (Lipinski definition) is 2. The summed E-state index contributed by atoms with van der Waals surface area (Å²) in [5, 5.41) is 9.33. The summed E-state index contributed by atoms with van der Waals surface area (Å²) in [6.07, 6.45) is 1.29. The zero-order chi connectivity index (χ0) is 12.3. The molecule has 1 aromatic carbocycles. The van der Waals surface area contributed by atoms with Crippen LogP contribution in [-0.4, -0.2) is 22.2 Å². The minimum Gasteiger partial charge on any atom is -0.316 e. The topological polar surface area (TPSA) is 53.6 Å². The number of aromatic nitrogens is 3. The van der Waals surface area contributed by atoms with Crippen molar-refractivity contribution in [3.05, 3.63) is 35.7 Å². The standard InChI is InChI=1S/C10H10F2N4S/c1-13-4-6-2-7(11)9(8(12)3-6)17-10-14-5-15-16-10/h2-3,5,13H,4H2,1H3,(H,14,15,16). The average molecular weight is 256 g/mol. The van der Waals surface area contributed by atoms with E-state index >= 15 is 0 Å². The normalized spacial score (nSPS) is 10.8. The number of H-pyrrole nitrogens is 1. The Balaban J connectivity index is 2.28. The maximum absolute atomic E-state index is 13.7. The van der Waals surface area contributed by atoms with Gasteiger partial charge < -0.3 is 5.32 Å². The van der Waals surface area contributed by atoms with E-state index in [1.165, 1.54) is 18.5 Å². The molecule has 1 aromatic heterocycles. The molecule has 0 amide bonds. The lowest BCUT2D eigenvalue weighted by molar-refractivity contribution is 0.535. The van der Waals surface area contributed by atoms with Crippen molar-refractivity contribution in [2.75, 3.05) is 7.05 Å². The molecule has 0 saturated carbocycles.